The average molecular weight is 313 g/mol. The van der Waals surface area contributed by atoms with Gasteiger partial charge in [0.25, 0.3) is 0 Å². The SMILES string of the molecule is Cc1ccc(NC(=O)CC2CNCCO2)cc1S(N)(=O)=O. The number of morpholine rings is 1. The maximum Gasteiger partial charge on any atom is 0.238 e. The van der Waals surface area contributed by atoms with E-state index in [1.807, 2.05) is 0 Å². The number of aryl methyl sites for hydroxylation is 1. The number of amides is 1. The summed E-state index contributed by atoms with van der Waals surface area (Å²) in [5.41, 5.74) is 0.939. The number of carbonyl (C=O) groups is 1. The fourth-order valence-electron chi connectivity index (χ4n) is 2.15. The predicted octanol–water partition coefficient (Wildman–Crippen LogP) is -0.0406. The molecule has 21 heavy (non-hydrogen) atoms. The van der Waals surface area contributed by atoms with Gasteiger partial charge in [-0.25, -0.2) is 13.6 Å². The number of rotatable bonds is 4. The summed E-state index contributed by atoms with van der Waals surface area (Å²) in [5, 5.41) is 10.9. The highest BCUT2D eigenvalue weighted by Gasteiger charge is 2.18. The van der Waals surface area contributed by atoms with E-state index in [4.69, 9.17) is 9.88 Å². The van der Waals surface area contributed by atoms with Gasteiger partial charge >= 0.3 is 0 Å². The lowest BCUT2D eigenvalue weighted by atomic mass is 10.2. The number of benzene rings is 1. The normalized spacial score (nSPS) is 19.2. The Morgan fingerprint density at radius 3 is 2.90 bits per heavy atom. The van der Waals surface area contributed by atoms with Crippen LogP contribution in [0.25, 0.3) is 0 Å². The lowest BCUT2D eigenvalue weighted by molar-refractivity contribution is -0.119. The Hall–Kier alpha value is -1.48. The van der Waals surface area contributed by atoms with Crippen LogP contribution in [0.5, 0.6) is 0 Å². The first-order chi connectivity index (χ1) is 9.86. The Labute approximate surface area is 123 Å². The van der Waals surface area contributed by atoms with Crippen LogP contribution in [0.1, 0.15) is 12.0 Å². The van der Waals surface area contributed by atoms with Gasteiger partial charge in [-0.3, -0.25) is 4.79 Å². The van der Waals surface area contributed by atoms with E-state index in [1.54, 1.807) is 19.1 Å². The van der Waals surface area contributed by atoms with Gasteiger partial charge in [0.15, 0.2) is 0 Å². The van der Waals surface area contributed by atoms with Crippen molar-refractivity contribution in [2.75, 3.05) is 25.0 Å². The molecule has 1 aliphatic heterocycles. The standard InChI is InChI=1S/C13H19N3O4S/c1-9-2-3-10(6-12(9)21(14,18)19)16-13(17)7-11-8-15-4-5-20-11/h2-3,6,11,15H,4-5,7-8H2,1H3,(H,16,17)(H2,14,18,19). The Balaban J connectivity index is 2.04. The summed E-state index contributed by atoms with van der Waals surface area (Å²) in [4.78, 5) is 11.9. The van der Waals surface area contributed by atoms with Crippen molar-refractivity contribution < 1.29 is 17.9 Å². The molecule has 0 aliphatic carbocycles. The fourth-order valence-corrected chi connectivity index (χ4v) is 2.96. The van der Waals surface area contributed by atoms with Crippen LogP contribution in [-0.4, -0.2) is 40.1 Å². The molecule has 0 radical (unpaired) electrons. The number of primary sulfonamides is 1. The molecule has 0 spiro atoms. The third-order valence-corrected chi connectivity index (χ3v) is 4.25. The molecule has 1 saturated heterocycles. The Morgan fingerprint density at radius 2 is 2.29 bits per heavy atom. The molecule has 4 N–H and O–H groups in total. The molecule has 1 aromatic rings. The summed E-state index contributed by atoms with van der Waals surface area (Å²) < 4.78 is 28.3. The maximum absolute atomic E-state index is 11.9. The number of nitrogens with one attached hydrogen (secondary N) is 2. The molecular weight excluding hydrogens is 294 g/mol. The highest BCUT2D eigenvalue weighted by Crippen LogP contribution is 2.19. The minimum Gasteiger partial charge on any atom is -0.375 e. The van der Waals surface area contributed by atoms with Crippen LogP contribution in [0.2, 0.25) is 0 Å². The van der Waals surface area contributed by atoms with Gasteiger partial charge in [0.2, 0.25) is 15.9 Å². The second-order valence-electron chi connectivity index (χ2n) is 4.97. The summed E-state index contributed by atoms with van der Waals surface area (Å²) in [5.74, 6) is -0.229. The molecule has 1 aliphatic rings. The van der Waals surface area contributed by atoms with Crippen molar-refractivity contribution >= 4 is 21.6 Å². The molecule has 116 valence electrons. The van der Waals surface area contributed by atoms with Gasteiger partial charge in [-0.2, -0.15) is 0 Å². The summed E-state index contributed by atoms with van der Waals surface area (Å²) >= 11 is 0. The van der Waals surface area contributed by atoms with Crippen molar-refractivity contribution in [1.82, 2.24) is 5.32 Å². The van der Waals surface area contributed by atoms with Gasteiger partial charge in [-0.15, -0.1) is 0 Å². The number of hydrogen-bond acceptors (Lipinski definition) is 5. The summed E-state index contributed by atoms with van der Waals surface area (Å²) in [7, 11) is -3.80. The first kappa shape index (κ1) is 15.9. The molecule has 0 bridgehead atoms. The van der Waals surface area contributed by atoms with Crippen molar-refractivity contribution in [1.29, 1.82) is 0 Å². The van der Waals surface area contributed by atoms with Crippen LogP contribution >= 0.6 is 0 Å². The summed E-state index contributed by atoms with van der Waals surface area (Å²) in [6.07, 6.45) is 0.0490. The molecule has 8 heteroatoms. The molecule has 1 heterocycles. The number of nitrogens with two attached hydrogens (primary N) is 1. The Morgan fingerprint density at radius 1 is 1.52 bits per heavy atom. The topological polar surface area (TPSA) is 111 Å². The van der Waals surface area contributed by atoms with Gasteiger partial charge in [-0.05, 0) is 24.6 Å². The summed E-state index contributed by atoms with van der Waals surface area (Å²) in [6.45, 7) is 3.64. The van der Waals surface area contributed by atoms with Crippen molar-refractivity contribution in [2.24, 2.45) is 5.14 Å². The molecule has 1 amide bonds. The first-order valence-electron chi connectivity index (χ1n) is 6.62. The van der Waals surface area contributed by atoms with E-state index in [2.05, 4.69) is 10.6 Å². The first-order valence-corrected chi connectivity index (χ1v) is 8.16. The minimum absolute atomic E-state index is 0.0101. The van der Waals surface area contributed by atoms with Crippen molar-refractivity contribution in [2.45, 2.75) is 24.3 Å². The van der Waals surface area contributed by atoms with E-state index in [9.17, 15) is 13.2 Å². The van der Waals surface area contributed by atoms with E-state index in [0.29, 0.717) is 24.4 Å². The molecular formula is C13H19N3O4S. The fraction of sp³-hybridized carbons (Fsp3) is 0.462. The average Bonchev–Trinajstić information content (AvgIpc) is 2.41. The highest BCUT2D eigenvalue weighted by atomic mass is 32.2. The maximum atomic E-state index is 11.9. The van der Waals surface area contributed by atoms with Gasteiger partial charge in [0.1, 0.15) is 0 Å². The van der Waals surface area contributed by atoms with Crippen LogP contribution in [0, 0.1) is 6.92 Å². The number of anilines is 1. The van der Waals surface area contributed by atoms with Gasteiger partial charge in [0.05, 0.1) is 24.0 Å². The number of hydrogen-bond donors (Lipinski definition) is 3. The Kier molecular flexibility index (Phi) is 4.94. The molecule has 1 aromatic carbocycles. The highest BCUT2D eigenvalue weighted by molar-refractivity contribution is 7.89. The van der Waals surface area contributed by atoms with Crippen molar-refractivity contribution in [3.05, 3.63) is 23.8 Å². The quantitative estimate of drug-likeness (QED) is 0.722. The number of ether oxygens (including phenoxy) is 1. The van der Waals surface area contributed by atoms with Crippen LogP contribution < -0.4 is 15.8 Å². The number of carbonyl (C=O) groups excluding carboxylic acids is 1. The Bertz CT molecular complexity index is 624. The second-order valence-corrected chi connectivity index (χ2v) is 6.50. The third kappa shape index (κ3) is 4.50. The van der Waals surface area contributed by atoms with E-state index >= 15 is 0 Å². The smallest absolute Gasteiger partial charge is 0.238 e. The monoisotopic (exact) mass is 313 g/mol. The van der Waals surface area contributed by atoms with Gasteiger partial charge in [-0.1, -0.05) is 6.07 Å². The van der Waals surface area contributed by atoms with E-state index < -0.39 is 10.0 Å². The van der Waals surface area contributed by atoms with E-state index in [-0.39, 0.29) is 23.3 Å². The van der Waals surface area contributed by atoms with E-state index in [0.717, 1.165) is 6.54 Å². The van der Waals surface area contributed by atoms with Crippen LogP contribution in [-0.2, 0) is 19.6 Å². The zero-order chi connectivity index (χ0) is 15.5. The van der Waals surface area contributed by atoms with Gasteiger partial charge in [0, 0.05) is 18.8 Å². The second kappa shape index (κ2) is 6.52. The van der Waals surface area contributed by atoms with Gasteiger partial charge < -0.3 is 15.4 Å². The van der Waals surface area contributed by atoms with Crippen LogP contribution in [0.3, 0.4) is 0 Å². The predicted molar refractivity (Wildman–Crippen MR) is 78.4 cm³/mol. The lowest BCUT2D eigenvalue weighted by Crippen LogP contribution is -2.40. The zero-order valence-electron chi connectivity index (χ0n) is 11.8. The third-order valence-electron chi connectivity index (χ3n) is 3.20. The molecule has 0 aromatic heterocycles. The molecule has 7 nitrogen and oxygen atoms in total. The largest absolute Gasteiger partial charge is 0.375 e. The number of sulfonamides is 1. The molecule has 0 saturated carbocycles. The zero-order valence-corrected chi connectivity index (χ0v) is 12.6. The molecule has 1 fully saturated rings. The van der Waals surface area contributed by atoms with Crippen molar-refractivity contribution in [3.63, 3.8) is 0 Å². The van der Waals surface area contributed by atoms with Crippen LogP contribution in [0.15, 0.2) is 23.1 Å². The van der Waals surface area contributed by atoms with Crippen LogP contribution in [0.4, 0.5) is 5.69 Å². The lowest BCUT2D eigenvalue weighted by Gasteiger charge is -2.23. The summed E-state index contributed by atoms with van der Waals surface area (Å²) in [6, 6.07) is 4.61. The molecule has 2 rings (SSSR count). The molecule has 1 atom stereocenters. The molecule has 1 unspecified atom stereocenters. The van der Waals surface area contributed by atoms with E-state index in [1.165, 1.54) is 6.07 Å². The van der Waals surface area contributed by atoms with Crippen molar-refractivity contribution in [3.8, 4) is 0 Å². The minimum atomic E-state index is -3.80.